The molecule has 0 saturated carbocycles. The van der Waals surface area contributed by atoms with Gasteiger partial charge in [0.1, 0.15) is 13.2 Å². The van der Waals surface area contributed by atoms with Crippen LogP contribution in [0.25, 0.3) is 0 Å². The molecule has 0 aromatic rings. The minimum absolute atomic E-state index is 0.0629. The van der Waals surface area contributed by atoms with Crippen molar-refractivity contribution in [3.8, 4) is 0 Å². The lowest BCUT2D eigenvalue weighted by Gasteiger charge is -2.18. The molecule has 0 amide bonds. The fourth-order valence-corrected chi connectivity index (χ4v) is 8.39. The minimum Gasteiger partial charge on any atom is -0.462 e. The second-order valence-electron chi connectivity index (χ2n) is 19.3. The standard InChI is InChI=1S/C55H106O6/c1-5-7-9-11-13-15-17-19-21-22-23-25-26-28-30-34-38-42-46-53(56)59-49-52(50-60-54(57)47-43-39-36-32-33-37-41-45-51(3)4)61-55(58)48-44-40-35-31-29-27-24-20-18-16-14-12-10-8-6-2/h51-52H,5-50H2,1-4H3/t52-/m1/s1. The van der Waals surface area contributed by atoms with E-state index >= 15 is 0 Å². The number of carbonyl (C=O) groups excluding carboxylic acids is 3. The molecule has 6 heteroatoms. The third-order valence-electron chi connectivity index (χ3n) is 12.5. The van der Waals surface area contributed by atoms with Crippen molar-refractivity contribution in [2.24, 2.45) is 5.92 Å². The van der Waals surface area contributed by atoms with Crippen molar-refractivity contribution >= 4 is 17.9 Å². The Hall–Kier alpha value is -1.59. The van der Waals surface area contributed by atoms with E-state index in [1.165, 1.54) is 205 Å². The van der Waals surface area contributed by atoms with Crippen LogP contribution in [0.1, 0.15) is 310 Å². The number of unbranched alkanes of at least 4 members (excludes halogenated alkanes) is 37. The first-order valence-electron chi connectivity index (χ1n) is 27.4. The SMILES string of the molecule is CCCCCCCCCCCCCCCCCCCCC(=O)OC[C@H](COC(=O)CCCCCCCCCC(C)C)OC(=O)CCCCCCCCCCCCCCCCC. The molecule has 0 saturated heterocycles. The average Bonchev–Trinajstić information content (AvgIpc) is 3.24. The van der Waals surface area contributed by atoms with Crippen LogP contribution in [0.3, 0.4) is 0 Å². The van der Waals surface area contributed by atoms with Crippen LogP contribution in [0, 0.1) is 5.92 Å². The van der Waals surface area contributed by atoms with Gasteiger partial charge in [-0.2, -0.15) is 0 Å². The van der Waals surface area contributed by atoms with Crippen LogP contribution < -0.4 is 0 Å². The molecular weight excluding hydrogens is 757 g/mol. The summed E-state index contributed by atoms with van der Waals surface area (Å²) in [4.78, 5) is 38.0. The zero-order valence-corrected chi connectivity index (χ0v) is 41.6. The molecule has 0 fully saturated rings. The van der Waals surface area contributed by atoms with E-state index in [1.807, 2.05) is 0 Å². The molecule has 0 rings (SSSR count). The van der Waals surface area contributed by atoms with Gasteiger partial charge >= 0.3 is 17.9 Å². The number of hydrogen-bond donors (Lipinski definition) is 0. The molecule has 0 spiro atoms. The summed E-state index contributed by atoms with van der Waals surface area (Å²) >= 11 is 0. The van der Waals surface area contributed by atoms with Gasteiger partial charge in [-0.1, -0.05) is 272 Å². The summed E-state index contributed by atoms with van der Waals surface area (Å²) < 4.78 is 16.8. The number of ether oxygens (including phenoxy) is 3. The third kappa shape index (κ3) is 49.3. The molecule has 362 valence electrons. The Kier molecular flexibility index (Phi) is 48.1. The van der Waals surface area contributed by atoms with Gasteiger partial charge in [-0.15, -0.1) is 0 Å². The van der Waals surface area contributed by atoms with Crippen LogP contribution in [0.4, 0.5) is 0 Å². The lowest BCUT2D eigenvalue weighted by Crippen LogP contribution is -2.30. The predicted molar refractivity (Wildman–Crippen MR) is 261 cm³/mol. The third-order valence-corrected chi connectivity index (χ3v) is 12.5. The van der Waals surface area contributed by atoms with E-state index in [-0.39, 0.29) is 31.1 Å². The van der Waals surface area contributed by atoms with E-state index < -0.39 is 6.10 Å². The predicted octanol–water partition coefficient (Wildman–Crippen LogP) is 17.8. The molecule has 6 nitrogen and oxygen atoms in total. The fourth-order valence-electron chi connectivity index (χ4n) is 8.39. The normalized spacial score (nSPS) is 12.0. The molecule has 61 heavy (non-hydrogen) atoms. The van der Waals surface area contributed by atoms with Gasteiger partial charge in [0.05, 0.1) is 0 Å². The quantitative estimate of drug-likeness (QED) is 0.0344. The largest absolute Gasteiger partial charge is 0.462 e. The maximum atomic E-state index is 12.8. The summed E-state index contributed by atoms with van der Waals surface area (Å²) in [7, 11) is 0. The number of esters is 3. The van der Waals surface area contributed by atoms with Crippen molar-refractivity contribution in [3.05, 3.63) is 0 Å². The van der Waals surface area contributed by atoms with Crippen molar-refractivity contribution in [2.75, 3.05) is 13.2 Å². The van der Waals surface area contributed by atoms with Gasteiger partial charge in [-0.05, 0) is 25.2 Å². The van der Waals surface area contributed by atoms with Crippen molar-refractivity contribution in [3.63, 3.8) is 0 Å². The molecule has 0 unspecified atom stereocenters. The topological polar surface area (TPSA) is 78.9 Å². The zero-order chi connectivity index (χ0) is 44.5. The second kappa shape index (κ2) is 49.4. The fraction of sp³-hybridized carbons (Fsp3) is 0.945. The molecule has 0 aliphatic carbocycles. The van der Waals surface area contributed by atoms with E-state index in [0.29, 0.717) is 19.3 Å². The summed E-state index contributed by atoms with van der Waals surface area (Å²) in [5.74, 6) is -0.0621. The van der Waals surface area contributed by atoms with Crippen molar-refractivity contribution < 1.29 is 28.6 Å². The number of carbonyl (C=O) groups is 3. The maximum absolute atomic E-state index is 12.8. The first-order chi connectivity index (χ1) is 29.9. The van der Waals surface area contributed by atoms with Crippen LogP contribution in [0.15, 0.2) is 0 Å². The lowest BCUT2D eigenvalue weighted by molar-refractivity contribution is -0.167. The Labute approximate surface area is 380 Å². The molecule has 0 N–H and O–H groups in total. The lowest BCUT2D eigenvalue weighted by atomic mass is 10.0. The van der Waals surface area contributed by atoms with Gasteiger partial charge in [-0.3, -0.25) is 14.4 Å². The second-order valence-corrected chi connectivity index (χ2v) is 19.3. The summed E-state index contributed by atoms with van der Waals surface area (Å²) in [5.41, 5.74) is 0. The number of rotatable bonds is 50. The Morgan fingerprint density at radius 2 is 0.541 bits per heavy atom. The van der Waals surface area contributed by atoms with Crippen molar-refractivity contribution in [2.45, 2.75) is 316 Å². The summed E-state index contributed by atoms with van der Waals surface area (Å²) in [5, 5.41) is 0. The van der Waals surface area contributed by atoms with Gasteiger partial charge in [0, 0.05) is 19.3 Å². The maximum Gasteiger partial charge on any atom is 0.306 e. The Morgan fingerprint density at radius 1 is 0.311 bits per heavy atom. The molecule has 0 aliphatic heterocycles. The summed E-state index contributed by atoms with van der Waals surface area (Å²) in [6, 6.07) is 0. The molecule has 0 aromatic heterocycles. The molecule has 1 atom stereocenters. The van der Waals surface area contributed by atoms with Gasteiger partial charge in [0.15, 0.2) is 6.10 Å². The van der Waals surface area contributed by atoms with Crippen LogP contribution in [0.5, 0.6) is 0 Å². The molecule has 0 aromatic carbocycles. The van der Waals surface area contributed by atoms with E-state index in [0.717, 1.165) is 63.7 Å². The van der Waals surface area contributed by atoms with E-state index in [2.05, 4.69) is 27.7 Å². The highest BCUT2D eigenvalue weighted by Gasteiger charge is 2.19. The van der Waals surface area contributed by atoms with Crippen LogP contribution in [-0.4, -0.2) is 37.2 Å². The van der Waals surface area contributed by atoms with E-state index in [9.17, 15) is 14.4 Å². The molecule has 0 bridgehead atoms. The molecule has 0 heterocycles. The minimum atomic E-state index is -0.761. The highest BCUT2D eigenvalue weighted by atomic mass is 16.6. The van der Waals surface area contributed by atoms with Gasteiger partial charge in [0.2, 0.25) is 0 Å². The highest BCUT2D eigenvalue weighted by Crippen LogP contribution is 2.17. The first-order valence-corrected chi connectivity index (χ1v) is 27.4. The van der Waals surface area contributed by atoms with E-state index in [1.54, 1.807) is 0 Å². The Balaban J connectivity index is 4.25. The van der Waals surface area contributed by atoms with Gasteiger partial charge in [-0.25, -0.2) is 0 Å². The van der Waals surface area contributed by atoms with Crippen molar-refractivity contribution in [1.82, 2.24) is 0 Å². The first kappa shape index (κ1) is 59.4. The average molecular weight is 863 g/mol. The van der Waals surface area contributed by atoms with E-state index in [4.69, 9.17) is 14.2 Å². The number of hydrogen-bond acceptors (Lipinski definition) is 6. The molecule has 0 aliphatic rings. The summed E-state index contributed by atoms with van der Waals surface area (Å²) in [6.45, 7) is 8.99. The van der Waals surface area contributed by atoms with Crippen LogP contribution in [-0.2, 0) is 28.6 Å². The van der Waals surface area contributed by atoms with Crippen LogP contribution in [0.2, 0.25) is 0 Å². The molecule has 0 radical (unpaired) electrons. The Bertz CT molecular complexity index is 918. The monoisotopic (exact) mass is 863 g/mol. The smallest absolute Gasteiger partial charge is 0.306 e. The highest BCUT2D eigenvalue weighted by molar-refractivity contribution is 5.71. The van der Waals surface area contributed by atoms with Crippen LogP contribution >= 0.6 is 0 Å². The zero-order valence-electron chi connectivity index (χ0n) is 41.6. The van der Waals surface area contributed by atoms with Crippen molar-refractivity contribution in [1.29, 1.82) is 0 Å². The van der Waals surface area contributed by atoms with Gasteiger partial charge < -0.3 is 14.2 Å². The molecular formula is C55H106O6. The van der Waals surface area contributed by atoms with Gasteiger partial charge in [0.25, 0.3) is 0 Å². The Morgan fingerprint density at radius 3 is 0.803 bits per heavy atom. The summed E-state index contributed by atoms with van der Waals surface area (Å²) in [6.07, 6.45) is 52.4.